The van der Waals surface area contributed by atoms with Gasteiger partial charge in [0.15, 0.2) is 0 Å². The van der Waals surface area contributed by atoms with Gasteiger partial charge in [0.2, 0.25) is 0 Å². The Bertz CT molecular complexity index is 350. The fraction of sp³-hybridized carbons (Fsp3) is 0.500. The van der Waals surface area contributed by atoms with Gasteiger partial charge in [-0.1, -0.05) is 13.8 Å². The molecule has 0 saturated carbocycles. The van der Waals surface area contributed by atoms with Gasteiger partial charge in [-0.3, -0.25) is 0 Å². The van der Waals surface area contributed by atoms with Gasteiger partial charge in [-0.25, -0.2) is 4.39 Å². The van der Waals surface area contributed by atoms with Crippen molar-refractivity contribution in [1.29, 1.82) is 0 Å². The number of aryl methyl sites for hydroxylation is 1. The zero-order valence-electron chi connectivity index (χ0n) is 9.45. The van der Waals surface area contributed by atoms with Crippen LogP contribution in [-0.4, -0.2) is 13.1 Å². The van der Waals surface area contributed by atoms with Crippen LogP contribution in [0.1, 0.15) is 19.4 Å². The Morgan fingerprint density at radius 3 is 2.27 bits per heavy atom. The summed E-state index contributed by atoms with van der Waals surface area (Å²) in [5.41, 5.74) is 2.73. The van der Waals surface area contributed by atoms with E-state index in [0.29, 0.717) is 5.56 Å². The predicted molar refractivity (Wildman–Crippen MR) is 61.9 cm³/mol. The second kappa shape index (κ2) is 3.40. The summed E-state index contributed by atoms with van der Waals surface area (Å²) < 4.78 is 13.4. The molecule has 1 aromatic carbocycles. The van der Waals surface area contributed by atoms with E-state index in [0.717, 1.165) is 24.5 Å². The van der Waals surface area contributed by atoms with Gasteiger partial charge in [0.25, 0.3) is 0 Å². The Kier molecular flexibility index (Phi) is 2.33. The lowest BCUT2D eigenvalue weighted by atomic mass is 9.94. The molecule has 2 rings (SSSR count). The van der Waals surface area contributed by atoms with E-state index in [2.05, 4.69) is 24.5 Å². The molecule has 0 spiro atoms. The summed E-state index contributed by atoms with van der Waals surface area (Å²) in [6.45, 7) is 7.91. The molecular weight excluding hydrogens is 191 g/mol. The van der Waals surface area contributed by atoms with Gasteiger partial charge < -0.3 is 10.6 Å². The minimum Gasteiger partial charge on any atom is -0.383 e. The first-order chi connectivity index (χ1) is 6.98. The van der Waals surface area contributed by atoms with Crippen LogP contribution in [0.2, 0.25) is 0 Å². The number of nitrogens with one attached hydrogen (secondary N) is 2. The summed E-state index contributed by atoms with van der Waals surface area (Å²) in [5, 5.41) is 6.64. The second-order valence-corrected chi connectivity index (χ2v) is 5.02. The first kappa shape index (κ1) is 10.3. The molecule has 0 aromatic heterocycles. The molecule has 2 N–H and O–H groups in total. The molecule has 1 aromatic rings. The molecule has 1 aliphatic rings. The van der Waals surface area contributed by atoms with Crippen LogP contribution in [0, 0.1) is 18.2 Å². The van der Waals surface area contributed by atoms with Crippen molar-refractivity contribution >= 4 is 11.4 Å². The average Bonchev–Trinajstić information content (AvgIpc) is 2.29. The molecule has 2 nitrogen and oxygen atoms in total. The molecule has 0 amide bonds. The number of benzene rings is 1. The number of hydrogen-bond donors (Lipinski definition) is 2. The van der Waals surface area contributed by atoms with Crippen molar-refractivity contribution < 1.29 is 4.39 Å². The standard InChI is InChI=1S/C12H17FN2/c1-8-4-10-11(5-9(8)13)15-7-12(2,3)6-14-10/h4-5,14-15H,6-7H2,1-3H3. The average molecular weight is 208 g/mol. The Morgan fingerprint density at radius 2 is 1.67 bits per heavy atom. The number of fused-ring (bicyclic) bond motifs is 1. The molecule has 0 saturated heterocycles. The van der Waals surface area contributed by atoms with E-state index >= 15 is 0 Å². The molecule has 3 heteroatoms. The lowest BCUT2D eigenvalue weighted by molar-refractivity contribution is 0.423. The van der Waals surface area contributed by atoms with Gasteiger partial charge in [0.05, 0.1) is 11.4 Å². The summed E-state index contributed by atoms with van der Waals surface area (Å²) in [5.74, 6) is -0.150. The molecule has 1 heterocycles. The van der Waals surface area contributed by atoms with Gasteiger partial charge >= 0.3 is 0 Å². The number of anilines is 2. The number of hydrogen-bond acceptors (Lipinski definition) is 2. The van der Waals surface area contributed by atoms with E-state index in [1.165, 1.54) is 0 Å². The van der Waals surface area contributed by atoms with Crippen LogP contribution < -0.4 is 10.6 Å². The second-order valence-electron chi connectivity index (χ2n) is 5.02. The highest BCUT2D eigenvalue weighted by molar-refractivity contribution is 5.70. The van der Waals surface area contributed by atoms with Crippen molar-refractivity contribution in [2.45, 2.75) is 20.8 Å². The van der Waals surface area contributed by atoms with E-state index in [-0.39, 0.29) is 11.2 Å². The zero-order valence-corrected chi connectivity index (χ0v) is 9.45. The lowest BCUT2D eigenvalue weighted by Gasteiger charge is -2.21. The molecule has 15 heavy (non-hydrogen) atoms. The van der Waals surface area contributed by atoms with Crippen LogP contribution in [-0.2, 0) is 0 Å². The van der Waals surface area contributed by atoms with E-state index in [9.17, 15) is 4.39 Å². The number of halogens is 1. The maximum absolute atomic E-state index is 13.4. The Morgan fingerprint density at radius 1 is 1.13 bits per heavy atom. The van der Waals surface area contributed by atoms with Crippen molar-refractivity contribution in [3.8, 4) is 0 Å². The van der Waals surface area contributed by atoms with E-state index in [4.69, 9.17) is 0 Å². The molecular formula is C12H17FN2. The van der Waals surface area contributed by atoms with Crippen LogP contribution in [0.4, 0.5) is 15.8 Å². The Balaban J connectivity index is 2.36. The Hall–Kier alpha value is -1.25. The molecule has 0 unspecified atom stereocenters. The van der Waals surface area contributed by atoms with E-state index in [1.807, 2.05) is 6.07 Å². The van der Waals surface area contributed by atoms with E-state index < -0.39 is 0 Å². The summed E-state index contributed by atoms with van der Waals surface area (Å²) >= 11 is 0. The minimum absolute atomic E-state index is 0.150. The summed E-state index contributed by atoms with van der Waals surface area (Å²) in [6.07, 6.45) is 0. The fourth-order valence-electron chi connectivity index (χ4n) is 1.71. The third-order valence-corrected chi connectivity index (χ3v) is 2.81. The lowest BCUT2D eigenvalue weighted by Crippen LogP contribution is -2.27. The molecule has 0 fully saturated rings. The molecule has 0 bridgehead atoms. The van der Waals surface area contributed by atoms with Crippen LogP contribution in [0.3, 0.4) is 0 Å². The van der Waals surface area contributed by atoms with Crippen molar-refractivity contribution in [2.75, 3.05) is 23.7 Å². The normalized spacial score (nSPS) is 18.4. The maximum Gasteiger partial charge on any atom is 0.128 e. The Labute approximate surface area is 89.9 Å². The minimum atomic E-state index is -0.150. The van der Waals surface area contributed by atoms with Crippen LogP contribution >= 0.6 is 0 Å². The van der Waals surface area contributed by atoms with Crippen molar-refractivity contribution in [2.24, 2.45) is 5.41 Å². The quantitative estimate of drug-likeness (QED) is 0.685. The molecule has 0 radical (unpaired) electrons. The van der Waals surface area contributed by atoms with E-state index in [1.54, 1.807) is 13.0 Å². The number of rotatable bonds is 0. The molecule has 1 aliphatic heterocycles. The third kappa shape index (κ3) is 2.06. The highest BCUT2D eigenvalue weighted by Crippen LogP contribution is 2.30. The van der Waals surface area contributed by atoms with Crippen molar-refractivity contribution in [3.63, 3.8) is 0 Å². The first-order valence-corrected chi connectivity index (χ1v) is 5.26. The van der Waals surface area contributed by atoms with Crippen LogP contribution in [0.5, 0.6) is 0 Å². The molecule has 0 atom stereocenters. The SMILES string of the molecule is Cc1cc2c(cc1F)NCC(C)(C)CN2. The summed E-state index contributed by atoms with van der Waals surface area (Å²) in [7, 11) is 0. The van der Waals surface area contributed by atoms with Gasteiger partial charge in [0, 0.05) is 13.1 Å². The highest BCUT2D eigenvalue weighted by Gasteiger charge is 2.22. The van der Waals surface area contributed by atoms with Crippen molar-refractivity contribution in [1.82, 2.24) is 0 Å². The van der Waals surface area contributed by atoms with Gasteiger partial charge in [-0.15, -0.1) is 0 Å². The predicted octanol–water partition coefficient (Wildman–Crippen LogP) is 3.00. The topological polar surface area (TPSA) is 24.1 Å². The smallest absolute Gasteiger partial charge is 0.128 e. The monoisotopic (exact) mass is 208 g/mol. The van der Waals surface area contributed by atoms with Crippen LogP contribution in [0.25, 0.3) is 0 Å². The summed E-state index contributed by atoms with van der Waals surface area (Å²) in [4.78, 5) is 0. The summed E-state index contributed by atoms with van der Waals surface area (Å²) in [6, 6.07) is 3.43. The zero-order chi connectivity index (χ0) is 11.1. The van der Waals surface area contributed by atoms with Gasteiger partial charge in [-0.05, 0) is 30.0 Å². The largest absolute Gasteiger partial charge is 0.383 e. The van der Waals surface area contributed by atoms with Gasteiger partial charge in [0.1, 0.15) is 5.82 Å². The molecule has 0 aliphatic carbocycles. The van der Waals surface area contributed by atoms with Crippen LogP contribution in [0.15, 0.2) is 12.1 Å². The third-order valence-electron chi connectivity index (χ3n) is 2.81. The maximum atomic E-state index is 13.4. The highest BCUT2D eigenvalue weighted by atomic mass is 19.1. The van der Waals surface area contributed by atoms with Crippen molar-refractivity contribution in [3.05, 3.63) is 23.5 Å². The van der Waals surface area contributed by atoms with Gasteiger partial charge in [-0.2, -0.15) is 0 Å². The fourth-order valence-corrected chi connectivity index (χ4v) is 1.71. The first-order valence-electron chi connectivity index (χ1n) is 5.26. The molecule has 82 valence electrons.